The maximum Gasteiger partial charge on any atom is 0.237 e. The highest BCUT2D eigenvalue weighted by Crippen LogP contribution is 2.21. The molecule has 0 aliphatic carbocycles. The number of aliphatic hydroxyl groups excluding tert-OH is 1. The third kappa shape index (κ3) is 3.45. The van der Waals surface area contributed by atoms with Crippen molar-refractivity contribution in [1.82, 2.24) is 10.6 Å². The van der Waals surface area contributed by atoms with Crippen LogP contribution in [0.4, 0.5) is 0 Å². The van der Waals surface area contributed by atoms with Crippen LogP contribution in [-0.4, -0.2) is 29.7 Å². The van der Waals surface area contributed by atoms with Gasteiger partial charge in [0.2, 0.25) is 5.91 Å². The Morgan fingerprint density at radius 1 is 1.61 bits per heavy atom. The van der Waals surface area contributed by atoms with E-state index in [9.17, 15) is 9.90 Å². The Morgan fingerprint density at radius 3 is 3.00 bits per heavy atom. The Hall–Kier alpha value is -0.620. The number of benzene rings is 1. The van der Waals surface area contributed by atoms with Crippen molar-refractivity contribution in [2.24, 2.45) is 0 Å². The lowest BCUT2D eigenvalue weighted by molar-refractivity contribution is -0.123. The van der Waals surface area contributed by atoms with Crippen molar-refractivity contribution in [2.75, 3.05) is 6.54 Å². The minimum absolute atomic E-state index is 0.106. The predicted octanol–water partition coefficient (Wildman–Crippen LogP) is 1.44. The first-order chi connectivity index (χ1) is 8.56. The maximum absolute atomic E-state index is 11.8. The zero-order valence-electron chi connectivity index (χ0n) is 9.62. The highest BCUT2D eigenvalue weighted by molar-refractivity contribution is 9.10. The van der Waals surface area contributed by atoms with Crippen LogP contribution >= 0.6 is 27.5 Å². The van der Waals surface area contributed by atoms with Gasteiger partial charge < -0.3 is 15.7 Å². The molecule has 0 saturated carbocycles. The van der Waals surface area contributed by atoms with Crippen LogP contribution in [0.1, 0.15) is 12.0 Å². The third-order valence-electron chi connectivity index (χ3n) is 2.89. The molecule has 2 atom stereocenters. The molecule has 0 spiro atoms. The first-order valence-corrected chi connectivity index (χ1v) is 6.86. The maximum atomic E-state index is 11.8. The Bertz CT molecular complexity index is 456. The van der Waals surface area contributed by atoms with Gasteiger partial charge in [-0.2, -0.15) is 0 Å². The number of rotatable bonds is 3. The van der Waals surface area contributed by atoms with E-state index >= 15 is 0 Å². The first kappa shape index (κ1) is 13.8. The summed E-state index contributed by atoms with van der Waals surface area (Å²) in [6, 6.07) is 5.23. The summed E-state index contributed by atoms with van der Waals surface area (Å²) in [4.78, 5) is 11.8. The fraction of sp³-hybridized carbons (Fsp3) is 0.417. The number of aliphatic hydroxyl groups is 1. The molecule has 1 amide bonds. The van der Waals surface area contributed by atoms with Crippen molar-refractivity contribution in [1.29, 1.82) is 0 Å². The summed E-state index contributed by atoms with van der Waals surface area (Å²) in [5, 5.41) is 15.7. The van der Waals surface area contributed by atoms with E-state index in [-0.39, 0.29) is 11.9 Å². The van der Waals surface area contributed by atoms with E-state index in [0.29, 0.717) is 24.5 Å². The number of nitrogens with one attached hydrogen (secondary N) is 2. The van der Waals surface area contributed by atoms with Gasteiger partial charge in [0.15, 0.2) is 0 Å². The van der Waals surface area contributed by atoms with Crippen LogP contribution in [0.3, 0.4) is 0 Å². The number of amides is 1. The SMILES string of the molecule is O=C(NCc1ccc(Br)cc1Cl)C1CC(O)CN1. The molecule has 0 bridgehead atoms. The predicted molar refractivity (Wildman–Crippen MR) is 73.4 cm³/mol. The lowest BCUT2D eigenvalue weighted by Crippen LogP contribution is -2.40. The number of β-amino-alcohol motifs (C(OH)–C–C–N with tert-alkyl or cyclic N) is 1. The van der Waals surface area contributed by atoms with Gasteiger partial charge in [0.25, 0.3) is 0 Å². The minimum Gasteiger partial charge on any atom is -0.392 e. The van der Waals surface area contributed by atoms with Gasteiger partial charge in [0.05, 0.1) is 12.1 Å². The second kappa shape index (κ2) is 6.02. The molecule has 6 heteroatoms. The van der Waals surface area contributed by atoms with Crippen LogP contribution in [0.5, 0.6) is 0 Å². The van der Waals surface area contributed by atoms with Crippen molar-refractivity contribution < 1.29 is 9.90 Å². The van der Waals surface area contributed by atoms with Crippen LogP contribution < -0.4 is 10.6 Å². The monoisotopic (exact) mass is 332 g/mol. The number of carbonyl (C=O) groups is 1. The van der Waals surface area contributed by atoms with Gasteiger partial charge in [-0.3, -0.25) is 4.79 Å². The molecule has 18 heavy (non-hydrogen) atoms. The average molecular weight is 334 g/mol. The van der Waals surface area contributed by atoms with Gasteiger partial charge in [-0.25, -0.2) is 0 Å². The molecular formula is C12H14BrClN2O2. The number of hydrogen-bond donors (Lipinski definition) is 3. The molecule has 1 aromatic rings. The summed E-state index contributed by atoms with van der Waals surface area (Å²) < 4.78 is 0.906. The summed E-state index contributed by atoms with van der Waals surface area (Å²) in [6.07, 6.45) is 0.0249. The molecule has 1 heterocycles. The van der Waals surface area contributed by atoms with Crippen molar-refractivity contribution in [3.05, 3.63) is 33.3 Å². The molecule has 1 saturated heterocycles. The zero-order chi connectivity index (χ0) is 13.1. The lowest BCUT2D eigenvalue weighted by Gasteiger charge is -2.12. The van der Waals surface area contributed by atoms with Crippen LogP contribution in [0.15, 0.2) is 22.7 Å². The van der Waals surface area contributed by atoms with Crippen LogP contribution in [0.2, 0.25) is 5.02 Å². The van der Waals surface area contributed by atoms with Crippen molar-refractivity contribution in [2.45, 2.75) is 25.1 Å². The van der Waals surface area contributed by atoms with E-state index in [1.807, 2.05) is 12.1 Å². The van der Waals surface area contributed by atoms with Crippen molar-refractivity contribution in [3.8, 4) is 0 Å². The summed E-state index contributed by atoms with van der Waals surface area (Å²) in [6.45, 7) is 0.857. The van der Waals surface area contributed by atoms with Crippen molar-refractivity contribution >= 4 is 33.4 Å². The van der Waals surface area contributed by atoms with E-state index in [1.165, 1.54) is 0 Å². The summed E-state index contributed by atoms with van der Waals surface area (Å²) in [5.74, 6) is -0.106. The zero-order valence-corrected chi connectivity index (χ0v) is 12.0. The Kier molecular flexibility index (Phi) is 4.61. The second-order valence-corrected chi connectivity index (χ2v) is 5.63. The van der Waals surface area contributed by atoms with Crippen LogP contribution in [-0.2, 0) is 11.3 Å². The first-order valence-electron chi connectivity index (χ1n) is 5.69. The smallest absolute Gasteiger partial charge is 0.237 e. The lowest BCUT2D eigenvalue weighted by atomic mass is 10.2. The molecule has 2 unspecified atom stereocenters. The minimum atomic E-state index is -0.433. The molecule has 1 aromatic carbocycles. The van der Waals surface area contributed by atoms with E-state index in [4.69, 9.17) is 11.6 Å². The highest BCUT2D eigenvalue weighted by Gasteiger charge is 2.27. The normalized spacial score (nSPS) is 23.1. The van der Waals surface area contributed by atoms with Gasteiger partial charge in [-0.05, 0) is 24.1 Å². The fourth-order valence-electron chi connectivity index (χ4n) is 1.89. The molecule has 0 aromatic heterocycles. The van der Waals surface area contributed by atoms with E-state index in [1.54, 1.807) is 6.07 Å². The molecule has 4 nitrogen and oxygen atoms in total. The van der Waals surface area contributed by atoms with Gasteiger partial charge >= 0.3 is 0 Å². The number of carbonyl (C=O) groups excluding carboxylic acids is 1. The van der Waals surface area contributed by atoms with E-state index in [2.05, 4.69) is 26.6 Å². The summed E-state index contributed by atoms with van der Waals surface area (Å²) in [7, 11) is 0. The van der Waals surface area contributed by atoms with Crippen molar-refractivity contribution in [3.63, 3.8) is 0 Å². The van der Waals surface area contributed by atoms with Crippen LogP contribution in [0.25, 0.3) is 0 Å². The third-order valence-corrected chi connectivity index (χ3v) is 3.74. The standard InChI is InChI=1S/C12H14BrClN2O2/c13-8-2-1-7(10(14)3-8)5-16-12(18)11-4-9(17)6-15-11/h1-3,9,11,15,17H,4-6H2,(H,16,18). The van der Waals surface area contributed by atoms with E-state index in [0.717, 1.165) is 10.0 Å². The molecule has 1 fully saturated rings. The molecule has 1 aliphatic heterocycles. The van der Waals surface area contributed by atoms with Gasteiger partial charge in [-0.1, -0.05) is 33.6 Å². The topological polar surface area (TPSA) is 61.4 Å². The van der Waals surface area contributed by atoms with Gasteiger partial charge in [0.1, 0.15) is 0 Å². The highest BCUT2D eigenvalue weighted by atomic mass is 79.9. The Morgan fingerprint density at radius 2 is 2.39 bits per heavy atom. The molecule has 98 valence electrons. The molecule has 2 rings (SSSR count). The van der Waals surface area contributed by atoms with Gasteiger partial charge in [0, 0.05) is 22.6 Å². The van der Waals surface area contributed by atoms with E-state index < -0.39 is 6.10 Å². The number of halogens is 2. The largest absolute Gasteiger partial charge is 0.392 e. The molecule has 3 N–H and O–H groups in total. The fourth-order valence-corrected chi connectivity index (χ4v) is 2.63. The molecule has 1 aliphatic rings. The number of hydrogen-bond acceptors (Lipinski definition) is 3. The quantitative estimate of drug-likeness (QED) is 0.784. The Balaban J connectivity index is 1.89. The molecule has 0 radical (unpaired) electrons. The van der Waals surface area contributed by atoms with Gasteiger partial charge in [-0.15, -0.1) is 0 Å². The average Bonchev–Trinajstić information content (AvgIpc) is 2.74. The van der Waals surface area contributed by atoms with Crippen LogP contribution in [0, 0.1) is 0 Å². The molecular weight excluding hydrogens is 320 g/mol. The summed E-state index contributed by atoms with van der Waals surface area (Å²) in [5.41, 5.74) is 0.867. The Labute approximate surface area is 119 Å². The second-order valence-electron chi connectivity index (χ2n) is 4.30. The summed E-state index contributed by atoms with van der Waals surface area (Å²) >= 11 is 9.39.